The van der Waals surface area contributed by atoms with Crippen LogP contribution < -0.4 is 4.74 Å². The maximum atomic E-state index is 6.01. The van der Waals surface area contributed by atoms with Crippen LogP contribution in [0.5, 0.6) is 5.75 Å². The fourth-order valence-corrected chi connectivity index (χ4v) is 5.63. The Balaban J connectivity index is 1.31. The number of rotatable bonds is 14. The van der Waals surface area contributed by atoms with Crippen LogP contribution in [0, 0.1) is 11.8 Å². The molecule has 1 saturated carbocycles. The molecule has 0 bridgehead atoms. The fourth-order valence-electron chi connectivity index (χ4n) is 4.75. The van der Waals surface area contributed by atoms with Crippen LogP contribution in [-0.2, 0) is 6.42 Å². The summed E-state index contributed by atoms with van der Waals surface area (Å²) in [5.41, 5.74) is 1.14. The van der Waals surface area contributed by atoms with Crippen molar-refractivity contribution in [3.63, 3.8) is 0 Å². The van der Waals surface area contributed by atoms with Crippen LogP contribution in [0.25, 0.3) is 10.6 Å². The van der Waals surface area contributed by atoms with Gasteiger partial charge in [-0.3, -0.25) is 0 Å². The van der Waals surface area contributed by atoms with E-state index in [9.17, 15) is 0 Å². The molecular formula is C27H42N2OS. The van der Waals surface area contributed by atoms with E-state index in [1.807, 2.05) is 0 Å². The summed E-state index contributed by atoms with van der Waals surface area (Å²) in [6, 6.07) is 8.39. The van der Waals surface area contributed by atoms with Gasteiger partial charge < -0.3 is 4.74 Å². The van der Waals surface area contributed by atoms with Gasteiger partial charge in [-0.25, -0.2) is 0 Å². The van der Waals surface area contributed by atoms with Crippen molar-refractivity contribution in [1.82, 2.24) is 10.2 Å². The van der Waals surface area contributed by atoms with Crippen LogP contribution in [0.2, 0.25) is 0 Å². The lowest BCUT2D eigenvalue weighted by Gasteiger charge is -2.28. The van der Waals surface area contributed by atoms with Gasteiger partial charge in [0.25, 0.3) is 0 Å². The van der Waals surface area contributed by atoms with Gasteiger partial charge in [-0.15, -0.1) is 10.2 Å². The minimum absolute atomic E-state index is 0.830. The Hall–Kier alpha value is -1.42. The first kappa shape index (κ1) is 24.2. The highest BCUT2D eigenvalue weighted by molar-refractivity contribution is 7.14. The molecule has 172 valence electrons. The number of unbranched alkanes of at least 4 members (excludes halogenated alkanes) is 4. The van der Waals surface area contributed by atoms with E-state index in [1.54, 1.807) is 11.3 Å². The number of aryl methyl sites for hydroxylation is 1. The molecule has 0 spiro atoms. The second kappa shape index (κ2) is 13.9. The molecular weight excluding hydrogens is 400 g/mol. The molecule has 0 radical (unpaired) electrons. The molecule has 0 aliphatic heterocycles. The van der Waals surface area contributed by atoms with Gasteiger partial charge in [0.05, 0.1) is 6.61 Å². The second-order valence-electron chi connectivity index (χ2n) is 9.36. The molecule has 1 aromatic carbocycles. The van der Waals surface area contributed by atoms with Crippen molar-refractivity contribution in [3.8, 4) is 16.3 Å². The monoisotopic (exact) mass is 442 g/mol. The number of ether oxygens (including phenoxy) is 1. The van der Waals surface area contributed by atoms with E-state index >= 15 is 0 Å². The summed E-state index contributed by atoms with van der Waals surface area (Å²) < 4.78 is 6.01. The Labute approximate surface area is 194 Å². The number of nitrogens with zero attached hydrogens (tertiary/aromatic N) is 2. The SMILES string of the molecule is CCCCCc1nnc(-c2ccc(OCCC[C@H]3CC[C@H](CCCCC)CC3)cc2)s1. The van der Waals surface area contributed by atoms with E-state index in [0.717, 1.165) is 46.2 Å². The predicted molar refractivity (Wildman–Crippen MR) is 133 cm³/mol. The molecule has 3 nitrogen and oxygen atoms in total. The minimum Gasteiger partial charge on any atom is -0.494 e. The smallest absolute Gasteiger partial charge is 0.147 e. The van der Waals surface area contributed by atoms with Crippen molar-refractivity contribution < 1.29 is 4.74 Å². The van der Waals surface area contributed by atoms with Crippen LogP contribution in [-0.4, -0.2) is 16.8 Å². The largest absolute Gasteiger partial charge is 0.494 e. The predicted octanol–water partition coefficient (Wildman–Crippen LogP) is 8.48. The van der Waals surface area contributed by atoms with Gasteiger partial charge in [0.15, 0.2) is 0 Å². The molecule has 4 heteroatoms. The first-order chi connectivity index (χ1) is 15.3. The number of aromatic nitrogens is 2. The molecule has 3 rings (SSSR count). The summed E-state index contributed by atoms with van der Waals surface area (Å²) in [4.78, 5) is 0. The number of benzene rings is 1. The van der Waals surface area contributed by atoms with E-state index in [1.165, 1.54) is 83.5 Å². The van der Waals surface area contributed by atoms with Crippen molar-refractivity contribution in [1.29, 1.82) is 0 Å². The highest BCUT2D eigenvalue weighted by atomic mass is 32.1. The summed E-state index contributed by atoms with van der Waals surface area (Å²) in [6.07, 6.45) is 18.7. The number of hydrogen-bond donors (Lipinski definition) is 0. The third-order valence-electron chi connectivity index (χ3n) is 6.77. The lowest BCUT2D eigenvalue weighted by molar-refractivity contribution is 0.228. The molecule has 1 aromatic heterocycles. The summed E-state index contributed by atoms with van der Waals surface area (Å²) in [6.45, 7) is 5.36. The van der Waals surface area contributed by atoms with Crippen LogP contribution in [0.3, 0.4) is 0 Å². The van der Waals surface area contributed by atoms with Crippen molar-refractivity contribution in [3.05, 3.63) is 29.3 Å². The average molecular weight is 443 g/mol. The maximum Gasteiger partial charge on any atom is 0.147 e. The van der Waals surface area contributed by atoms with Gasteiger partial charge in [0.2, 0.25) is 0 Å². The van der Waals surface area contributed by atoms with Gasteiger partial charge in [0.1, 0.15) is 15.8 Å². The molecule has 1 aliphatic rings. The Morgan fingerprint density at radius 2 is 1.45 bits per heavy atom. The molecule has 0 amide bonds. The van der Waals surface area contributed by atoms with E-state index in [-0.39, 0.29) is 0 Å². The molecule has 0 N–H and O–H groups in total. The van der Waals surface area contributed by atoms with E-state index < -0.39 is 0 Å². The molecule has 0 unspecified atom stereocenters. The van der Waals surface area contributed by atoms with E-state index in [4.69, 9.17) is 4.74 Å². The Morgan fingerprint density at radius 3 is 2.13 bits per heavy atom. The fraction of sp³-hybridized carbons (Fsp3) is 0.704. The third kappa shape index (κ3) is 8.56. The zero-order chi connectivity index (χ0) is 21.7. The second-order valence-corrected chi connectivity index (χ2v) is 10.4. The topological polar surface area (TPSA) is 35.0 Å². The Bertz CT molecular complexity index is 719. The molecule has 0 atom stereocenters. The zero-order valence-electron chi connectivity index (χ0n) is 19.8. The molecule has 0 saturated heterocycles. The number of hydrogen-bond acceptors (Lipinski definition) is 4. The first-order valence-corrected chi connectivity index (χ1v) is 13.7. The minimum atomic E-state index is 0.830. The van der Waals surface area contributed by atoms with Crippen molar-refractivity contribution in [2.45, 2.75) is 104 Å². The summed E-state index contributed by atoms with van der Waals surface area (Å²) >= 11 is 1.72. The van der Waals surface area contributed by atoms with Crippen LogP contribution in [0.15, 0.2) is 24.3 Å². The molecule has 1 aliphatic carbocycles. The van der Waals surface area contributed by atoms with E-state index in [2.05, 4.69) is 48.3 Å². The third-order valence-corrected chi connectivity index (χ3v) is 7.80. The van der Waals surface area contributed by atoms with Crippen LogP contribution in [0.4, 0.5) is 0 Å². The highest BCUT2D eigenvalue weighted by Crippen LogP contribution is 2.34. The summed E-state index contributed by atoms with van der Waals surface area (Å²) in [7, 11) is 0. The van der Waals surface area contributed by atoms with Crippen LogP contribution >= 0.6 is 11.3 Å². The molecule has 31 heavy (non-hydrogen) atoms. The van der Waals surface area contributed by atoms with Gasteiger partial charge in [0, 0.05) is 12.0 Å². The lowest BCUT2D eigenvalue weighted by Crippen LogP contribution is -2.15. The Morgan fingerprint density at radius 1 is 0.806 bits per heavy atom. The van der Waals surface area contributed by atoms with E-state index in [0.29, 0.717) is 0 Å². The maximum absolute atomic E-state index is 6.01. The molecule has 1 fully saturated rings. The zero-order valence-corrected chi connectivity index (χ0v) is 20.6. The van der Waals surface area contributed by atoms with Gasteiger partial charge >= 0.3 is 0 Å². The quantitative estimate of drug-likeness (QED) is 0.275. The summed E-state index contributed by atoms with van der Waals surface area (Å²) in [5.74, 6) is 2.91. The van der Waals surface area contributed by atoms with Crippen LogP contribution in [0.1, 0.15) is 102 Å². The Kier molecular flexibility index (Phi) is 10.8. The standard InChI is InChI=1S/C27H42N2OS/c1-3-5-7-10-22-13-15-23(16-14-22)11-9-21-30-25-19-17-24(18-20-25)27-29-28-26(31-27)12-8-6-4-2/h17-20,22-23H,3-16,21H2,1-2H3/t22-,23-. The lowest BCUT2D eigenvalue weighted by atomic mass is 9.78. The van der Waals surface area contributed by atoms with Crippen molar-refractivity contribution in [2.24, 2.45) is 11.8 Å². The average Bonchev–Trinajstić information content (AvgIpc) is 3.27. The van der Waals surface area contributed by atoms with Gasteiger partial charge in [-0.05, 0) is 55.4 Å². The van der Waals surface area contributed by atoms with Crippen molar-refractivity contribution in [2.75, 3.05) is 6.61 Å². The first-order valence-electron chi connectivity index (χ1n) is 12.8. The van der Waals surface area contributed by atoms with Gasteiger partial charge in [-0.1, -0.05) is 89.4 Å². The molecule has 2 aromatic rings. The highest BCUT2D eigenvalue weighted by Gasteiger charge is 2.20. The molecule has 1 heterocycles. The normalized spacial score (nSPS) is 18.9. The van der Waals surface area contributed by atoms with Gasteiger partial charge in [-0.2, -0.15) is 0 Å². The van der Waals surface area contributed by atoms with Crippen molar-refractivity contribution >= 4 is 11.3 Å². The summed E-state index contributed by atoms with van der Waals surface area (Å²) in [5, 5.41) is 10.9.